The Labute approximate surface area is 193 Å². The zero-order valence-electron chi connectivity index (χ0n) is 17.6. The maximum atomic E-state index is 13.9. The average molecular weight is 501 g/mol. The van der Waals surface area contributed by atoms with E-state index in [0.29, 0.717) is 20.9 Å². The molecular weight excluding hydrogens is 483 g/mol. The number of amides is 1. The van der Waals surface area contributed by atoms with Gasteiger partial charge in [-0.25, -0.2) is 0 Å². The van der Waals surface area contributed by atoms with Crippen molar-refractivity contribution >= 4 is 28.6 Å². The van der Waals surface area contributed by atoms with Crippen LogP contribution in [0.2, 0.25) is 0 Å². The van der Waals surface area contributed by atoms with Crippen molar-refractivity contribution < 1.29 is 26.7 Å². The third-order valence-electron chi connectivity index (χ3n) is 5.53. The molecule has 0 saturated heterocycles. The smallest absolute Gasteiger partial charge is 0.339 e. The van der Waals surface area contributed by atoms with Gasteiger partial charge in [0.05, 0.1) is 16.1 Å². The van der Waals surface area contributed by atoms with E-state index in [1.54, 1.807) is 29.5 Å². The van der Waals surface area contributed by atoms with Crippen LogP contribution in [-0.2, 0) is 13.0 Å². The molecule has 0 aliphatic heterocycles. The molecule has 3 aromatic heterocycles. The van der Waals surface area contributed by atoms with Gasteiger partial charge >= 0.3 is 12.1 Å². The van der Waals surface area contributed by atoms with Crippen molar-refractivity contribution in [3.05, 3.63) is 39.2 Å². The van der Waals surface area contributed by atoms with Crippen molar-refractivity contribution in [1.29, 1.82) is 5.26 Å². The van der Waals surface area contributed by atoms with Crippen molar-refractivity contribution in [3.8, 4) is 27.1 Å². The molecule has 0 N–H and O–H groups in total. The van der Waals surface area contributed by atoms with Gasteiger partial charge in [0.25, 0.3) is 5.91 Å². The van der Waals surface area contributed by atoms with Gasteiger partial charge in [-0.05, 0) is 31.9 Å². The first-order chi connectivity index (χ1) is 15.4. The summed E-state index contributed by atoms with van der Waals surface area (Å²) in [5.41, 5.74) is -0.523. The van der Waals surface area contributed by atoms with Gasteiger partial charge in [-0.15, -0.1) is 22.7 Å². The predicted octanol–water partition coefficient (Wildman–Crippen LogP) is 5.95. The van der Waals surface area contributed by atoms with Crippen molar-refractivity contribution in [2.24, 2.45) is 7.05 Å². The summed E-state index contributed by atoms with van der Waals surface area (Å²) in [5, 5.41) is 14.7. The van der Waals surface area contributed by atoms with Crippen LogP contribution in [-0.4, -0.2) is 39.9 Å². The van der Waals surface area contributed by atoms with Crippen molar-refractivity contribution in [3.63, 3.8) is 0 Å². The third-order valence-corrected chi connectivity index (χ3v) is 7.56. The zero-order chi connectivity index (χ0) is 24.3. The number of aromatic nitrogens is 2. The van der Waals surface area contributed by atoms with Crippen LogP contribution in [0.25, 0.3) is 21.0 Å². The highest BCUT2D eigenvalue weighted by molar-refractivity contribution is 7.17. The Morgan fingerprint density at radius 3 is 2.48 bits per heavy atom. The van der Waals surface area contributed by atoms with Gasteiger partial charge < -0.3 is 4.90 Å². The van der Waals surface area contributed by atoms with E-state index in [2.05, 4.69) is 5.10 Å². The summed E-state index contributed by atoms with van der Waals surface area (Å²) >= 11 is 2.28. The number of nitrogens with zero attached hydrogens (tertiary/aromatic N) is 4. The molecule has 1 aliphatic carbocycles. The number of hydrogen-bond donors (Lipinski definition) is 0. The number of carbonyl (C=O) groups is 1. The highest BCUT2D eigenvalue weighted by Crippen LogP contribution is 2.47. The molecule has 0 aromatic carbocycles. The topological polar surface area (TPSA) is 61.9 Å². The van der Waals surface area contributed by atoms with Crippen molar-refractivity contribution in [2.75, 3.05) is 7.05 Å². The van der Waals surface area contributed by atoms with E-state index in [-0.39, 0.29) is 28.1 Å². The SMILES string of the molecule is Cc1c(C(F)(F)C(F)(F)F)nn(C)c1-c1cc(-c2cc(C(=O)N(C)C3CC3)c(C#N)s2)cs1. The monoisotopic (exact) mass is 500 g/mol. The molecule has 0 atom stereocenters. The van der Waals surface area contributed by atoms with E-state index in [1.807, 2.05) is 6.07 Å². The molecule has 4 rings (SSSR count). The molecule has 12 heteroatoms. The molecule has 5 nitrogen and oxygen atoms in total. The minimum atomic E-state index is -5.76. The van der Waals surface area contributed by atoms with E-state index in [4.69, 9.17) is 0 Å². The fourth-order valence-corrected chi connectivity index (χ4v) is 5.64. The number of nitriles is 1. The molecule has 0 bridgehead atoms. The van der Waals surface area contributed by atoms with E-state index in [0.717, 1.165) is 40.2 Å². The van der Waals surface area contributed by atoms with E-state index < -0.39 is 17.8 Å². The van der Waals surface area contributed by atoms with E-state index >= 15 is 0 Å². The summed E-state index contributed by atoms with van der Waals surface area (Å²) in [6.07, 6.45) is -3.91. The standard InChI is InChI=1S/C21H17F5N4OS2/c1-10-17(30(3)28-18(10)20(22,23)21(24,25)26)15-6-11(9-32-15)14-7-13(16(8-27)33-14)19(31)29(2)12-4-5-12/h6-7,9,12H,4-5H2,1-3H3. The van der Waals surface area contributed by atoms with Crippen LogP contribution < -0.4 is 0 Å². The van der Waals surface area contributed by atoms with Gasteiger partial charge in [0, 0.05) is 41.5 Å². The fraction of sp³-hybridized carbons (Fsp3) is 0.381. The normalized spacial score (nSPS) is 14.4. The lowest BCUT2D eigenvalue weighted by molar-refractivity contribution is -0.291. The number of hydrogen-bond acceptors (Lipinski definition) is 5. The Hall–Kier alpha value is -2.78. The number of thiophene rings is 2. The van der Waals surface area contributed by atoms with E-state index in [1.165, 1.54) is 14.0 Å². The first kappa shape index (κ1) is 23.4. The number of aryl methyl sites for hydroxylation is 1. The zero-order valence-corrected chi connectivity index (χ0v) is 19.3. The molecular formula is C21H17F5N4OS2. The van der Waals surface area contributed by atoms with Gasteiger partial charge in [-0.2, -0.15) is 32.3 Å². The molecule has 33 heavy (non-hydrogen) atoms. The highest BCUT2D eigenvalue weighted by atomic mass is 32.1. The average Bonchev–Trinajstić information content (AvgIpc) is 3.18. The number of rotatable bonds is 5. The molecule has 1 amide bonds. The van der Waals surface area contributed by atoms with Gasteiger partial charge in [0.1, 0.15) is 16.6 Å². The van der Waals surface area contributed by atoms with Crippen LogP contribution in [0, 0.1) is 18.3 Å². The Morgan fingerprint density at radius 2 is 1.91 bits per heavy atom. The molecule has 1 aliphatic rings. The lowest BCUT2D eigenvalue weighted by atomic mass is 10.1. The number of carbonyl (C=O) groups excluding carboxylic acids is 1. The second-order valence-corrected chi connectivity index (χ2v) is 9.79. The predicted molar refractivity (Wildman–Crippen MR) is 114 cm³/mol. The van der Waals surface area contributed by atoms with Crippen LogP contribution in [0.5, 0.6) is 0 Å². The minimum Gasteiger partial charge on any atom is -0.339 e. The van der Waals surface area contributed by atoms with Crippen molar-refractivity contribution in [1.82, 2.24) is 14.7 Å². The van der Waals surface area contributed by atoms with Crippen LogP contribution in [0.1, 0.15) is 39.3 Å². The van der Waals surface area contributed by atoms with Gasteiger partial charge in [-0.1, -0.05) is 0 Å². The van der Waals surface area contributed by atoms with Gasteiger partial charge in [0.2, 0.25) is 0 Å². The van der Waals surface area contributed by atoms with E-state index in [9.17, 15) is 32.0 Å². The Bertz CT molecular complexity index is 1280. The number of alkyl halides is 5. The first-order valence-electron chi connectivity index (χ1n) is 9.75. The van der Waals surface area contributed by atoms with Gasteiger partial charge in [0.15, 0.2) is 0 Å². The molecule has 3 aromatic rings. The minimum absolute atomic E-state index is 0.145. The van der Waals surface area contributed by atoms with Gasteiger partial charge in [-0.3, -0.25) is 9.48 Å². The summed E-state index contributed by atoms with van der Waals surface area (Å²) in [7, 11) is 3.00. The lowest BCUT2D eigenvalue weighted by Crippen LogP contribution is -2.34. The molecule has 174 valence electrons. The number of halogens is 5. The first-order valence-corrected chi connectivity index (χ1v) is 11.5. The quantitative estimate of drug-likeness (QED) is 0.407. The molecule has 0 spiro atoms. The highest BCUT2D eigenvalue weighted by Gasteiger charge is 2.61. The third kappa shape index (κ3) is 3.93. The van der Waals surface area contributed by atoms with Crippen LogP contribution in [0.15, 0.2) is 17.5 Å². The maximum absolute atomic E-state index is 13.9. The maximum Gasteiger partial charge on any atom is 0.459 e. The van der Waals surface area contributed by atoms with Crippen LogP contribution >= 0.6 is 22.7 Å². The molecule has 1 fully saturated rings. The Morgan fingerprint density at radius 1 is 1.24 bits per heavy atom. The molecule has 1 saturated carbocycles. The Balaban J connectivity index is 1.70. The fourth-order valence-electron chi connectivity index (χ4n) is 3.59. The summed E-state index contributed by atoms with van der Waals surface area (Å²) in [4.78, 5) is 15.7. The summed E-state index contributed by atoms with van der Waals surface area (Å²) < 4.78 is 67.5. The largest absolute Gasteiger partial charge is 0.459 e. The molecule has 0 radical (unpaired) electrons. The summed E-state index contributed by atoms with van der Waals surface area (Å²) in [5.74, 6) is -5.32. The van der Waals surface area contributed by atoms with Crippen LogP contribution in [0.4, 0.5) is 22.0 Å². The van der Waals surface area contributed by atoms with Crippen LogP contribution in [0.3, 0.4) is 0 Å². The second kappa shape index (κ2) is 7.92. The van der Waals surface area contributed by atoms with Crippen molar-refractivity contribution in [2.45, 2.75) is 37.9 Å². The summed E-state index contributed by atoms with van der Waals surface area (Å²) in [6.45, 7) is 1.18. The summed E-state index contributed by atoms with van der Waals surface area (Å²) in [6, 6.07) is 5.48. The lowest BCUT2D eigenvalue weighted by Gasteiger charge is -2.18. The second-order valence-electron chi connectivity index (χ2n) is 7.83. The Kier molecular flexibility index (Phi) is 5.61. The molecule has 0 unspecified atom stereocenters. The molecule has 3 heterocycles.